The van der Waals surface area contributed by atoms with E-state index in [4.69, 9.17) is 10.7 Å². The first-order valence-corrected chi connectivity index (χ1v) is 6.83. The van der Waals surface area contributed by atoms with Crippen molar-refractivity contribution in [2.24, 2.45) is 5.73 Å². The third kappa shape index (κ3) is 3.10. The predicted molar refractivity (Wildman–Crippen MR) is 76.7 cm³/mol. The maximum absolute atomic E-state index is 5.78. The minimum Gasteiger partial charge on any atom is -0.353 e. The van der Waals surface area contributed by atoms with Crippen LogP contribution in [-0.4, -0.2) is 18.1 Å². The van der Waals surface area contributed by atoms with Crippen molar-refractivity contribution in [3.8, 4) is 0 Å². The minimum absolute atomic E-state index is 0.592. The first-order valence-electron chi connectivity index (χ1n) is 6.83. The van der Waals surface area contributed by atoms with Crippen LogP contribution in [0.1, 0.15) is 37.9 Å². The zero-order valence-corrected chi connectivity index (χ0v) is 11.4. The van der Waals surface area contributed by atoms with E-state index in [0.29, 0.717) is 6.54 Å². The fourth-order valence-corrected chi connectivity index (χ4v) is 2.28. The van der Waals surface area contributed by atoms with E-state index >= 15 is 0 Å². The number of anilines is 1. The SMILES string of the molecule is CCCc1cc(CN)cc(N2CC=C(C)CC2)n1. The van der Waals surface area contributed by atoms with Gasteiger partial charge >= 0.3 is 0 Å². The van der Waals surface area contributed by atoms with Crippen molar-refractivity contribution in [1.82, 2.24) is 4.98 Å². The molecule has 0 unspecified atom stereocenters. The number of aromatic nitrogens is 1. The summed E-state index contributed by atoms with van der Waals surface area (Å²) in [6, 6.07) is 4.27. The molecule has 0 spiro atoms. The third-order valence-electron chi connectivity index (χ3n) is 3.43. The van der Waals surface area contributed by atoms with Gasteiger partial charge in [0.25, 0.3) is 0 Å². The number of nitrogens with two attached hydrogens (primary N) is 1. The van der Waals surface area contributed by atoms with Crippen molar-refractivity contribution >= 4 is 5.82 Å². The van der Waals surface area contributed by atoms with Crippen LogP contribution in [0, 0.1) is 0 Å². The predicted octanol–water partition coefficient (Wildman–Crippen LogP) is 2.65. The van der Waals surface area contributed by atoms with E-state index in [1.165, 1.54) is 16.8 Å². The van der Waals surface area contributed by atoms with E-state index < -0.39 is 0 Å². The Bertz CT molecular complexity index is 437. The van der Waals surface area contributed by atoms with E-state index in [0.717, 1.165) is 38.2 Å². The second-order valence-electron chi connectivity index (χ2n) is 5.03. The van der Waals surface area contributed by atoms with Crippen molar-refractivity contribution in [3.63, 3.8) is 0 Å². The summed E-state index contributed by atoms with van der Waals surface area (Å²) < 4.78 is 0. The number of rotatable bonds is 4. The second-order valence-corrected chi connectivity index (χ2v) is 5.03. The first-order chi connectivity index (χ1) is 8.72. The van der Waals surface area contributed by atoms with Gasteiger partial charge in [0.15, 0.2) is 0 Å². The lowest BCUT2D eigenvalue weighted by atomic mass is 10.1. The average molecular weight is 245 g/mol. The summed E-state index contributed by atoms with van der Waals surface area (Å²) in [5.41, 5.74) is 9.62. The molecular formula is C15H23N3. The Kier molecular flexibility index (Phi) is 4.37. The number of pyridine rings is 1. The Hall–Kier alpha value is -1.35. The zero-order valence-electron chi connectivity index (χ0n) is 11.4. The largest absolute Gasteiger partial charge is 0.353 e. The van der Waals surface area contributed by atoms with Gasteiger partial charge in [-0.3, -0.25) is 0 Å². The Morgan fingerprint density at radius 1 is 1.39 bits per heavy atom. The molecule has 1 aromatic rings. The van der Waals surface area contributed by atoms with E-state index in [1.54, 1.807) is 0 Å². The van der Waals surface area contributed by atoms with Crippen molar-refractivity contribution in [3.05, 3.63) is 35.0 Å². The first kappa shape index (κ1) is 13.1. The molecule has 1 aliphatic rings. The molecule has 0 atom stereocenters. The van der Waals surface area contributed by atoms with Gasteiger partial charge in [0, 0.05) is 25.3 Å². The average Bonchev–Trinajstić information content (AvgIpc) is 2.39. The summed E-state index contributed by atoms with van der Waals surface area (Å²) in [7, 11) is 0. The summed E-state index contributed by atoms with van der Waals surface area (Å²) in [4.78, 5) is 7.10. The van der Waals surface area contributed by atoms with Gasteiger partial charge in [0.1, 0.15) is 5.82 Å². The fraction of sp³-hybridized carbons (Fsp3) is 0.533. The van der Waals surface area contributed by atoms with E-state index in [1.807, 2.05) is 0 Å². The Morgan fingerprint density at radius 2 is 2.22 bits per heavy atom. The molecule has 3 heteroatoms. The molecule has 3 nitrogen and oxygen atoms in total. The molecule has 98 valence electrons. The third-order valence-corrected chi connectivity index (χ3v) is 3.43. The van der Waals surface area contributed by atoms with Crippen LogP contribution >= 0.6 is 0 Å². The molecular weight excluding hydrogens is 222 g/mol. The summed E-state index contributed by atoms with van der Waals surface area (Å²) in [5, 5.41) is 0. The molecule has 0 radical (unpaired) electrons. The highest BCUT2D eigenvalue weighted by atomic mass is 15.2. The molecule has 2 N–H and O–H groups in total. The summed E-state index contributed by atoms with van der Waals surface area (Å²) in [5.74, 6) is 1.09. The summed E-state index contributed by atoms with van der Waals surface area (Å²) in [6.45, 7) is 7.01. The molecule has 0 aliphatic carbocycles. The molecule has 2 heterocycles. The number of hydrogen-bond donors (Lipinski definition) is 1. The molecule has 18 heavy (non-hydrogen) atoms. The van der Waals surface area contributed by atoms with Gasteiger partial charge in [-0.1, -0.05) is 25.0 Å². The standard InChI is InChI=1S/C15H23N3/c1-3-4-14-9-13(11-16)10-15(17-14)18-7-5-12(2)6-8-18/h5,9-10H,3-4,6-8,11,16H2,1-2H3. The van der Waals surface area contributed by atoms with E-state index in [9.17, 15) is 0 Å². The highest BCUT2D eigenvalue weighted by Crippen LogP contribution is 2.20. The maximum Gasteiger partial charge on any atom is 0.129 e. The van der Waals surface area contributed by atoms with Crippen LogP contribution in [0.4, 0.5) is 5.82 Å². The Morgan fingerprint density at radius 3 is 2.83 bits per heavy atom. The molecule has 0 aromatic carbocycles. The van der Waals surface area contributed by atoms with Crippen LogP contribution in [0.5, 0.6) is 0 Å². The van der Waals surface area contributed by atoms with Gasteiger partial charge in [-0.15, -0.1) is 0 Å². The van der Waals surface area contributed by atoms with Gasteiger partial charge in [0.05, 0.1) is 0 Å². The fourth-order valence-electron chi connectivity index (χ4n) is 2.28. The zero-order chi connectivity index (χ0) is 13.0. The smallest absolute Gasteiger partial charge is 0.129 e. The minimum atomic E-state index is 0.592. The lowest BCUT2D eigenvalue weighted by Gasteiger charge is -2.27. The number of hydrogen-bond acceptors (Lipinski definition) is 3. The van der Waals surface area contributed by atoms with Crippen molar-refractivity contribution in [1.29, 1.82) is 0 Å². The molecule has 2 rings (SSSR count). The number of aryl methyl sites for hydroxylation is 1. The van der Waals surface area contributed by atoms with Gasteiger partial charge in [-0.25, -0.2) is 4.98 Å². The summed E-state index contributed by atoms with van der Waals surface area (Å²) in [6.07, 6.45) is 5.58. The topological polar surface area (TPSA) is 42.1 Å². The van der Waals surface area contributed by atoms with Gasteiger partial charge in [0.2, 0.25) is 0 Å². The maximum atomic E-state index is 5.78. The highest BCUT2D eigenvalue weighted by Gasteiger charge is 2.12. The second kappa shape index (κ2) is 6.01. The quantitative estimate of drug-likeness (QED) is 0.829. The number of nitrogens with zero attached hydrogens (tertiary/aromatic N) is 2. The molecule has 0 saturated heterocycles. The van der Waals surface area contributed by atoms with Crippen LogP contribution in [0.25, 0.3) is 0 Å². The Balaban J connectivity index is 2.23. The van der Waals surface area contributed by atoms with Crippen LogP contribution in [0.2, 0.25) is 0 Å². The lowest BCUT2D eigenvalue weighted by Crippen LogP contribution is -2.29. The van der Waals surface area contributed by atoms with Crippen LogP contribution in [-0.2, 0) is 13.0 Å². The molecule has 0 fully saturated rings. The van der Waals surface area contributed by atoms with Crippen molar-refractivity contribution in [2.75, 3.05) is 18.0 Å². The Labute approximate surface area is 110 Å². The van der Waals surface area contributed by atoms with E-state index in [2.05, 4.69) is 37.0 Å². The molecule has 1 aromatic heterocycles. The van der Waals surface area contributed by atoms with E-state index in [-0.39, 0.29) is 0 Å². The molecule has 0 amide bonds. The van der Waals surface area contributed by atoms with Crippen LogP contribution in [0.3, 0.4) is 0 Å². The molecule has 0 saturated carbocycles. The van der Waals surface area contributed by atoms with Crippen LogP contribution in [0.15, 0.2) is 23.8 Å². The molecule has 1 aliphatic heterocycles. The summed E-state index contributed by atoms with van der Waals surface area (Å²) >= 11 is 0. The monoisotopic (exact) mass is 245 g/mol. The molecule has 0 bridgehead atoms. The van der Waals surface area contributed by atoms with Gasteiger partial charge in [-0.05, 0) is 37.5 Å². The van der Waals surface area contributed by atoms with Crippen LogP contribution < -0.4 is 10.6 Å². The van der Waals surface area contributed by atoms with Crippen molar-refractivity contribution in [2.45, 2.75) is 39.7 Å². The highest BCUT2D eigenvalue weighted by molar-refractivity contribution is 5.44. The normalized spacial score (nSPS) is 15.7. The van der Waals surface area contributed by atoms with Crippen molar-refractivity contribution < 1.29 is 0 Å². The van der Waals surface area contributed by atoms with Gasteiger partial charge < -0.3 is 10.6 Å². The van der Waals surface area contributed by atoms with Gasteiger partial charge in [-0.2, -0.15) is 0 Å². The lowest BCUT2D eigenvalue weighted by molar-refractivity contribution is 0.765.